The molecule has 0 fully saturated rings. The number of fused-ring (bicyclic) bond motifs is 1. The van der Waals surface area contributed by atoms with Crippen molar-refractivity contribution in [3.63, 3.8) is 0 Å². The normalized spacial score (nSPS) is 11.9. The fourth-order valence-corrected chi connectivity index (χ4v) is 2.94. The number of halogens is 1. The van der Waals surface area contributed by atoms with Gasteiger partial charge in [0.1, 0.15) is 10.8 Å². The Hall–Kier alpha value is -2.23. The Kier molecular flexibility index (Phi) is 4.42. The highest BCUT2D eigenvalue weighted by Crippen LogP contribution is 2.23. The summed E-state index contributed by atoms with van der Waals surface area (Å²) in [5, 5.41) is 12.7. The van der Waals surface area contributed by atoms with Gasteiger partial charge in [0, 0.05) is 17.2 Å². The SMILES string of the molecule is Cn1c(C(C#N)C(=S)Nc2ccc(Br)cc2)nc2ccccc21. The number of benzene rings is 2. The summed E-state index contributed by atoms with van der Waals surface area (Å²) in [6.45, 7) is 0. The van der Waals surface area contributed by atoms with Crippen molar-refractivity contribution < 1.29 is 0 Å². The van der Waals surface area contributed by atoms with Crippen molar-refractivity contribution in [2.75, 3.05) is 5.32 Å². The number of thiocarbonyl (C=S) groups is 1. The molecule has 1 atom stereocenters. The van der Waals surface area contributed by atoms with Crippen molar-refractivity contribution in [1.82, 2.24) is 9.55 Å². The van der Waals surface area contributed by atoms with Gasteiger partial charge in [0.15, 0.2) is 5.92 Å². The molecule has 0 aliphatic carbocycles. The molecule has 23 heavy (non-hydrogen) atoms. The van der Waals surface area contributed by atoms with E-state index in [9.17, 15) is 5.26 Å². The van der Waals surface area contributed by atoms with Crippen LogP contribution in [-0.2, 0) is 7.05 Å². The van der Waals surface area contributed by atoms with Gasteiger partial charge in [0.25, 0.3) is 0 Å². The molecule has 0 saturated heterocycles. The number of hydrogen-bond donors (Lipinski definition) is 1. The Bertz CT molecular complexity index is 908. The van der Waals surface area contributed by atoms with E-state index in [2.05, 4.69) is 32.3 Å². The van der Waals surface area contributed by atoms with Crippen LogP contribution in [0.3, 0.4) is 0 Å². The maximum absolute atomic E-state index is 9.58. The molecular formula is C17H13BrN4S. The third-order valence-corrected chi connectivity index (χ3v) is 4.45. The summed E-state index contributed by atoms with van der Waals surface area (Å²) in [6, 6.07) is 17.7. The van der Waals surface area contributed by atoms with E-state index >= 15 is 0 Å². The molecule has 0 spiro atoms. The number of nitriles is 1. The average Bonchev–Trinajstić information content (AvgIpc) is 2.88. The molecule has 0 aliphatic rings. The van der Waals surface area contributed by atoms with Gasteiger partial charge in [0.2, 0.25) is 0 Å². The van der Waals surface area contributed by atoms with E-state index in [0.29, 0.717) is 10.8 Å². The molecule has 1 N–H and O–H groups in total. The van der Waals surface area contributed by atoms with Crippen LogP contribution in [0.2, 0.25) is 0 Å². The quantitative estimate of drug-likeness (QED) is 0.680. The molecular weight excluding hydrogens is 372 g/mol. The summed E-state index contributed by atoms with van der Waals surface area (Å²) in [6.07, 6.45) is 0. The lowest BCUT2D eigenvalue weighted by Gasteiger charge is -2.13. The highest BCUT2D eigenvalue weighted by Gasteiger charge is 2.22. The number of nitrogens with zero attached hydrogens (tertiary/aromatic N) is 3. The van der Waals surface area contributed by atoms with E-state index in [4.69, 9.17) is 12.2 Å². The molecule has 1 heterocycles. The maximum Gasteiger partial charge on any atom is 0.154 e. The second-order valence-electron chi connectivity index (χ2n) is 5.08. The molecule has 6 heteroatoms. The van der Waals surface area contributed by atoms with Crippen LogP contribution in [0.25, 0.3) is 11.0 Å². The molecule has 0 amide bonds. The standard InChI is InChI=1S/C17H13BrN4S/c1-22-15-5-3-2-4-14(15)21-16(22)13(10-19)17(23)20-12-8-6-11(18)7-9-12/h2-9,13H,1H3,(H,20,23). The smallest absolute Gasteiger partial charge is 0.154 e. The van der Waals surface area contributed by atoms with Gasteiger partial charge in [0.05, 0.1) is 17.1 Å². The van der Waals surface area contributed by atoms with Crippen LogP contribution in [0.4, 0.5) is 5.69 Å². The zero-order valence-corrected chi connectivity index (χ0v) is 14.7. The van der Waals surface area contributed by atoms with Gasteiger partial charge in [-0.05, 0) is 36.4 Å². The molecule has 1 unspecified atom stereocenters. The fourth-order valence-electron chi connectivity index (χ4n) is 2.40. The lowest BCUT2D eigenvalue weighted by atomic mass is 10.1. The molecule has 4 nitrogen and oxygen atoms in total. The molecule has 1 aromatic heterocycles. The van der Waals surface area contributed by atoms with Crippen LogP contribution >= 0.6 is 28.1 Å². The third-order valence-electron chi connectivity index (χ3n) is 3.58. The lowest BCUT2D eigenvalue weighted by molar-refractivity contribution is 0.834. The minimum atomic E-state index is -0.606. The predicted octanol–water partition coefficient (Wildman–Crippen LogP) is 4.38. The Balaban J connectivity index is 1.92. The van der Waals surface area contributed by atoms with Gasteiger partial charge in [-0.15, -0.1) is 0 Å². The molecule has 0 saturated carbocycles. The molecule has 3 aromatic rings. The second-order valence-corrected chi connectivity index (χ2v) is 6.43. The van der Waals surface area contributed by atoms with Crippen molar-refractivity contribution in [2.24, 2.45) is 7.05 Å². The average molecular weight is 385 g/mol. The minimum absolute atomic E-state index is 0.438. The molecule has 2 aromatic carbocycles. The largest absolute Gasteiger partial charge is 0.349 e. The maximum atomic E-state index is 9.58. The van der Waals surface area contributed by atoms with Gasteiger partial charge < -0.3 is 9.88 Å². The number of rotatable bonds is 3. The van der Waals surface area contributed by atoms with Crippen molar-refractivity contribution in [3.8, 4) is 6.07 Å². The van der Waals surface area contributed by atoms with Crippen molar-refractivity contribution >= 4 is 49.9 Å². The summed E-state index contributed by atoms with van der Waals surface area (Å²) < 4.78 is 2.90. The highest BCUT2D eigenvalue weighted by molar-refractivity contribution is 9.10. The zero-order valence-electron chi connectivity index (χ0n) is 12.3. The number of aryl methyl sites for hydroxylation is 1. The number of imidazole rings is 1. The van der Waals surface area contributed by atoms with Crippen LogP contribution in [-0.4, -0.2) is 14.5 Å². The number of hydrogen-bond acceptors (Lipinski definition) is 3. The molecule has 114 valence electrons. The summed E-state index contributed by atoms with van der Waals surface area (Å²) in [4.78, 5) is 5.00. The molecule has 0 aliphatic heterocycles. The summed E-state index contributed by atoms with van der Waals surface area (Å²) in [5.74, 6) is 0.0364. The third kappa shape index (κ3) is 3.11. The van der Waals surface area contributed by atoms with Crippen LogP contribution in [0.15, 0.2) is 53.0 Å². The predicted molar refractivity (Wildman–Crippen MR) is 99.4 cm³/mol. The highest BCUT2D eigenvalue weighted by atomic mass is 79.9. The van der Waals surface area contributed by atoms with Gasteiger partial charge in [-0.1, -0.05) is 40.3 Å². The molecule has 0 radical (unpaired) electrons. The van der Waals surface area contributed by atoms with Gasteiger partial charge in [-0.25, -0.2) is 4.98 Å². The van der Waals surface area contributed by atoms with E-state index < -0.39 is 5.92 Å². The van der Waals surface area contributed by atoms with Crippen LogP contribution in [0.5, 0.6) is 0 Å². The first kappa shape index (κ1) is 15.7. The van der Waals surface area contributed by atoms with Crippen molar-refractivity contribution in [2.45, 2.75) is 5.92 Å². The first-order chi connectivity index (χ1) is 11.1. The fraction of sp³-hybridized carbons (Fsp3) is 0.118. The van der Waals surface area contributed by atoms with E-state index in [1.54, 1.807) is 0 Å². The monoisotopic (exact) mass is 384 g/mol. The van der Waals surface area contributed by atoms with Gasteiger partial charge in [-0.2, -0.15) is 5.26 Å². The Labute approximate surface area is 147 Å². The lowest BCUT2D eigenvalue weighted by Crippen LogP contribution is -2.20. The van der Waals surface area contributed by atoms with E-state index in [0.717, 1.165) is 21.2 Å². The number of aromatic nitrogens is 2. The van der Waals surface area contributed by atoms with Crippen LogP contribution in [0, 0.1) is 11.3 Å². The van der Waals surface area contributed by atoms with E-state index in [1.807, 2.05) is 60.1 Å². The van der Waals surface area contributed by atoms with Crippen molar-refractivity contribution in [3.05, 3.63) is 58.8 Å². The first-order valence-electron chi connectivity index (χ1n) is 6.97. The Morgan fingerprint density at radius 1 is 1.26 bits per heavy atom. The Morgan fingerprint density at radius 2 is 1.96 bits per heavy atom. The Morgan fingerprint density at radius 3 is 2.61 bits per heavy atom. The van der Waals surface area contributed by atoms with Gasteiger partial charge >= 0.3 is 0 Å². The zero-order chi connectivity index (χ0) is 16.4. The molecule has 3 rings (SSSR count). The van der Waals surface area contributed by atoms with Crippen LogP contribution < -0.4 is 5.32 Å². The number of para-hydroxylation sites is 2. The van der Waals surface area contributed by atoms with E-state index in [1.165, 1.54) is 0 Å². The number of anilines is 1. The molecule has 0 bridgehead atoms. The topological polar surface area (TPSA) is 53.6 Å². The van der Waals surface area contributed by atoms with Crippen molar-refractivity contribution in [1.29, 1.82) is 5.26 Å². The summed E-state index contributed by atoms with van der Waals surface area (Å²) in [7, 11) is 1.90. The minimum Gasteiger partial charge on any atom is -0.349 e. The first-order valence-corrected chi connectivity index (χ1v) is 8.17. The van der Waals surface area contributed by atoms with Crippen LogP contribution in [0.1, 0.15) is 11.7 Å². The number of nitrogens with one attached hydrogen (secondary N) is 1. The van der Waals surface area contributed by atoms with Gasteiger partial charge in [-0.3, -0.25) is 0 Å². The van der Waals surface area contributed by atoms with E-state index in [-0.39, 0.29) is 0 Å². The second kappa shape index (κ2) is 6.49. The summed E-state index contributed by atoms with van der Waals surface area (Å²) in [5.41, 5.74) is 2.68. The summed E-state index contributed by atoms with van der Waals surface area (Å²) >= 11 is 8.83.